The molecule has 8 nitrogen and oxygen atoms in total. The van der Waals surface area contributed by atoms with E-state index in [0.717, 1.165) is 32.1 Å². The van der Waals surface area contributed by atoms with Crippen LogP contribution in [-0.4, -0.2) is 70.0 Å². The first-order valence-corrected chi connectivity index (χ1v) is 25.4. The first kappa shape index (κ1) is 56.8. The fourth-order valence-electron chi connectivity index (χ4n) is 7.93. The molecule has 0 bridgehead atoms. The van der Waals surface area contributed by atoms with Crippen molar-refractivity contribution in [3.63, 3.8) is 0 Å². The van der Waals surface area contributed by atoms with Crippen molar-refractivity contribution in [2.75, 3.05) is 13.2 Å². The van der Waals surface area contributed by atoms with E-state index in [4.69, 9.17) is 9.47 Å². The molecule has 0 aliphatic heterocycles. The average Bonchev–Trinajstić information content (AvgIpc) is 3.23. The maximum atomic E-state index is 12.6. The number of carbonyl (C=O) groups excluding carboxylic acids is 2. The topological polar surface area (TPSA) is 134 Å². The van der Waals surface area contributed by atoms with Crippen molar-refractivity contribution in [3.05, 3.63) is 0 Å². The van der Waals surface area contributed by atoms with Crippen LogP contribution in [0.5, 0.6) is 0 Å². The third kappa shape index (κ3) is 38.9. The third-order valence-corrected chi connectivity index (χ3v) is 12.0. The van der Waals surface area contributed by atoms with Crippen LogP contribution in [0.3, 0.4) is 0 Å². The molecule has 0 fully saturated rings. The third-order valence-electron chi connectivity index (χ3n) is 12.0. The van der Waals surface area contributed by atoms with Crippen molar-refractivity contribution in [1.82, 2.24) is 0 Å². The first-order chi connectivity index (χ1) is 28.4. The van der Waals surface area contributed by atoms with Gasteiger partial charge in [-0.25, -0.2) is 0 Å². The largest absolute Gasteiger partial charge is 0.462 e. The summed E-state index contributed by atoms with van der Waals surface area (Å²) in [6.45, 7) is 3.36. The van der Waals surface area contributed by atoms with E-state index in [1.54, 1.807) is 0 Å². The summed E-state index contributed by atoms with van der Waals surface area (Å²) in [6, 6.07) is 0. The average molecular weight is 827 g/mol. The van der Waals surface area contributed by atoms with Gasteiger partial charge in [0.05, 0.1) is 6.61 Å². The predicted octanol–water partition coefficient (Wildman–Crippen LogP) is 13.2. The molecule has 0 radical (unpaired) electrons. The molecule has 0 saturated heterocycles. The Bertz CT molecular complexity index is 853. The number of hydrogen-bond acceptors (Lipinski definition) is 8. The van der Waals surface area contributed by atoms with Crippen LogP contribution in [0.4, 0.5) is 0 Å². The number of unbranched alkanes of at least 4 members (excludes halogenated alkanes) is 36. The van der Waals surface area contributed by atoms with E-state index in [1.807, 2.05) is 0 Å². The second-order valence-electron chi connectivity index (χ2n) is 17.7. The summed E-state index contributed by atoms with van der Waals surface area (Å²) in [5.41, 5.74) is 0. The van der Waals surface area contributed by atoms with Gasteiger partial charge in [0.15, 0.2) is 6.10 Å². The Morgan fingerprint density at radius 3 is 0.914 bits per heavy atom. The van der Waals surface area contributed by atoms with Crippen molar-refractivity contribution < 1.29 is 39.5 Å². The minimum Gasteiger partial charge on any atom is -0.462 e. The SMILES string of the molecule is CCCCCCCCCCCCCCCCCCCCCC(=O)OC[C@H](OC(=O)CCCCCCCCCCCCCCCCCCCCC)[C@@H](O)[C@H](O)[C@H](O)CO. The molecule has 4 atom stereocenters. The van der Waals surface area contributed by atoms with Crippen LogP contribution >= 0.6 is 0 Å². The lowest BCUT2D eigenvalue weighted by Crippen LogP contribution is -2.49. The summed E-state index contributed by atoms with van der Waals surface area (Å²) in [7, 11) is 0. The number of ether oxygens (including phenoxy) is 2. The van der Waals surface area contributed by atoms with Gasteiger partial charge in [-0.3, -0.25) is 9.59 Å². The monoisotopic (exact) mass is 827 g/mol. The Morgan fingerprint density at radius 1 is 0.379 bits per heavy atom. The Labute approximate surface area is 358 Å². The van der Waals surface area contributed by atoms with Gasteiger partial charge in [0.25, 0.3) is 0 Å². The van der Waals surface area contributed by atoms with Crippen molar-refractivity contribution in [2.24, 2.45) is 0 Å². The second kappa shape index (κ2) is 45.3. The molecule has 0 aliphatic carbocycles. The molecule has 4 N–H and O–H groups in total. The lowest BCUT2D eigenvalue weighted by molar-refractivity contribution is -0.178. The molecule has 0 amide bonds. The number of carbonyl (C=O) groups is 2. The van der Waals surface area contributed by atoms with Gasteiger partial charge < -0.3 is 29.9 Å². The fourth-order valence-corrected chi connectivity index (χ4v) is 7.93. The van der Waals surface area contributed by atoms with E-state index in [-0.39, 0.29) is 12.8 Å². The summed E-state index contributed by atoms with van der Waals surface area (Å²) in [5, 5.41) is 40.0. The molecule has 0 spiro atoms. The smallest absolute Gasteiger partial charge is 0.306 e. The maximum Gasteiger partial charge on any atom is 0.306 e. The zero-order chi connectivity index (χ0) is 42.6. The predicted molar refractivity (Wildman–Crippen MR) is 242 cm³/mol. The highest BCUT2D eigenvalue weighted by atomic mass is 16.6. The van der Waals surface area contributed by atoms with Gasteiger partial charge in [0, 0.05) is 12.8 Å². The summed E-state index contributed by atoms with van der Waals surface area (Å²) in [5.74, 6) is -0.993. The highest BCUT2D eigenvalue weighted by Gasteiger charge is 2.34. The van der Waals surface area contributed by atoms with E-state index < -0.39 is 49.6 Å². The van der Waals surface area contributed by atoms with Gasteiger partial charge in [-0.1, -0.05) is 245 Å². The zero-order valence-corrected chi connectivity index (χ0v) is 38.4. The molecule has 0 aromatic heterocycles. The number of rotatable bonds is 47. The standard InChI is InChI=1S/C50H98O8/c1-3-5-7-9-11-13-15-17-19-21-23-25-27-29-31-33-35-37-39-41-47(53)57-44-46(50(56)49(55)45(52)43-51)58-48(54)42-40-38-36-34-32-30-28-26-24-22-20-18-16-14-12-10-8-6-4-2/h45-46,49-52,55-56H,3-44H2,1-2H3/t45-,46+,49-,50-/m1/s1. The molecule has 0 saturated carbocycles. The van der Waals surface area contributed by atoms with Crippen LogP contribution in [-0.2, 0) is 19.1 Å². The van der Waals surface area contributed by atoms with E-state index in [9.17, 15) is 30.0 Å². The summed E-state index contributed by atoms with van der Waals surface area (Å²) in [6.07, 6.45) is 42.4. The maximum absolute atomic E-state index is 12.6. The summed E-state index contributed by atoms with van der Waals surface area (Å²) >= 11 is 0. The van der Waals surface area contributed by atoms with E-state index in [2.05, 4.69) is 13.8 Å². The Morgan fingerprint density at radius 2 is 0.638 bits per heavy atom. The molecule has 0 rings (SSSR count). The first-order valence-electron chi connectivity index (χ1n) is 25.4. The Kier molecular flexibility index (Phi) is 44.4. The van der Waals surface area contributed by atoms with Gasteiger partial charge in [-0.2, -0.15) is 0 Å². The highest BCUT2D eigenvalue weighted by Crippen LogP contribution is 2.18. The van der Waals surface area contributed by atoms with E-state index in [1.165, 1.54) is 199 Å². The molecule has 8 heteroatoms. The van der Waals surface area contributed by atoms with Gasteiger partial charge in [0.2, 0.25) is 0 Å². The molecule has 0 aromatic rings. The molecule has 0 heterocycles. The normalized spacial score (nSPS) is 13.7. The molecule has 0 aliphatic rings. The van der Waals surface area contributed by atoms with Crippen LogP contribution in [0.1, 0.15) is 271 Å². The summed E-state index contributed by atoms with van der Waals surface area (Å²) < 4.78 is 10.8. The highest BCUT2D eigenvalue weighted by molar-refractivity contribution is 5.70. The molecular weight excluding hydrogens is 729 g/mol. The van der Waals surface area contributed by atoms with Crippen LogP contribution in [0.15, 0.2) is 0 Å². The van der Waals surface area contributed by atoms with Gasteiger partial charge in [-0.05, 0) is 12.8 Å². The fraction of sp³-hybridized carbons (Fsp3) is 0.960. The molecule has 346 valence electrons. The lowest BCUT2D eigenvalue weighted by atomic mass is 10.0. The van der Waals surface area contributed by atoms with E-state index >= 15 is 0 Å². The Hall–Kier alpha value is -1.22. The van der Waals surface area contributed by atoms with Crippen LogP contribution in [0.2, 0.25) is 0 Å². The Balaban J connectivity index is 3.97. The molecule has 58 heavy (non-hydrogen) atoms. The minimum absolute atomic E-state index is 0.161. The number of aliphatic hydroxyl groups is 4. The molecule has 0 aromatic carbocycles. The number of esters is 2. The minimum atomic E-state index is -1.75. The van der Waals surface area contributed by atoms with Gasteiger partial charge in [-0.15, -0.1) is 0 Å². The van der Waals surface area contributed by atoms with Crippen molar-refractivity contribution in [3.8, 4) is 0 Å². The van der Waals surface area contributed by atoms with Crippen LogP contribution < -0.4 is 0 Å². The van der Waals surface area contributed by atoms with Gasteiger partial charge in [0.1, 0.15) is 24.9 Å². The van der Waals surface area contributed by atoms with Crippen LogP contribution in [0, 0.1) is 0 Å². The quantitative estimate of drug-likeness (QED) is 0.0352. The second-order valence-corrected chi connectivity index (χ2v) is 17.7. The number of hydrogen-bond donors (Lipinski definition) is 4. The number of aliphatic hydroxyl groups excluding tert-OH is 4. The van der Waals surface area contributed by atoms with Crippen LogP contribution in [0.25, 0.3) is 0 Å². The van der Waals surface area contributed by atoms with Gasteiger partial charge >= 0.3 is 11.9 Å². The van der Waals surface area contributed by atoms with E-state index in [0.29, 0.717) is 12.8 Å². The lowest BCUT2D eigenvalue weighted by Gasteiger charge is -2.28. The van der Waals surface area contributed by atoms with Crippen molar-refractivity contribution >= 4 is 11.9 Å². The zero-order valence-electron chi connectivity index (χ0n) is 38.4. The van der Waals surface area contributed by atoms with Crippen molar-refractivity contribution in [1.29, 1.82) is 0 Å². The molecule has 0 unspecified atom stereocenters. The molecular formula is C50H98O8. The summed E-state index contributed by atoms with van der Waals surface area (Å²) in [4.78, 5) is 25.1. The van der Waals surface area contributed by atoms with Crippen molar-refractivity contribution in [2.45, 2.75) is 295 Å².